The molecule has 4 aliphatic carbocycles. The van der Waals surface area contributed by atoms with Gasteiger partial charge in [-0.25, -0.2) is 0 Å². The van der Waals surface area contributed by atoms with Gasteiger partial charge in [0.2, 0.25) is 0 Å². The summed E-state index contributed by atoms with van der Waals surface area (Å²) in [6.45, 7) is 11.3. The topological polar surface area (TPSA) is 91.3 Å². The van der Waals surface area contributed by atoms with Crippen molar-refractivity contribution < 1.29 is 28.7 Å². The lowest BCUT2D eigenvalue weighted by atomic mass is 9.47. The summed E-state index contributed by atoms with van der Waals surface area (Å²) < 4.78 is 11.5. The summed E-state index contributed by atoms with van der Waals surface area (Å²) in [5, 5.41) is 4.24. The van der Waals surface area contributed by atoms with Gasteiger partial charge in [-0.3, -0.25) is 14.4 Å². The van der Waals surface area contributed by atoms with Gasteiger partial charge in [0.25, 0.3) is 0 Å². The third-order valence-corrected chi connectivity index (χ3v) is 9.41. The van der Waals surface area contributed by atoms with Gasteiger partial charge in [0.1, 0.15) is 7.11 Å². The van der Waals surface area contributed by atoms with Crippen LogP contribution in [0.4, 0.5) is 0 Å². The van der Waals surface area contributed by atoms with E-state index in [2.05, 4.69) is 32.0 Å². The highest BCUT2D eigenvalue weighted by Gasteiger charge is 2.67. The Bertz CT molecular complexity index is 1010. The molecule has 0 aromatic rings. The van der Waals surface area contributed by atoms with Crippen LogP contribution in [0.15, 0.2) is 28.5 Å². The van der Waals surface area contributed by atoms with Crippen molar-refractivity contribution in [3.05, 3.63) is 23.3 Å². The molecule has 7 atom stereocenters. The zero-order chi connectivity index (χ0) is 25.1. The average molecular weight is 472 g/mol. The van der Waals surface area contributed by atoms with Gasteiger partial charge < -0.3 is 14.3 Å². The molecule has 2 fully saturated rings. The largest absolute Gasteiger partial charge is 0.454 e. The van der Waals surface area contributed by atoms with Crippen LogP contribution in [-0.2, 0) is 28.7 Å². The number of oxime groups is 1. The molecule has 2 saturated carbocycles. The molecule has 4 rings (SSSR count). The van der Waals surface area contributed by atoms with Crippen molar-refractivity contribution >= 4 is 23.4 Å². The Morgan fingerprint density at radius 2 is 1.74 bits per heavy atom. The number of rotatable bonds is 4. The van der Waals surface area contributed by atoms with Gasteiger partial charge >= 0.3 is 11.9 Å². The fourth-order valence-corrected chi connectivity index (χ4v) is 8.05. The first-order chi connectivity index (χ1) is 15.9. The monoisotopic (exact) mass is 471 g/mol. The van der Waals surface area contributed by atoms with Crippen molar-refractivity contribution in [3.63, 3.8) is 0 Å². The van der Waals surface area contributed by atoms with E-state index in [1.54, 1.807) is 6.08 Å². The highest BCUT2D eigenvalue weighted by Crippen LogP contribution is 2.68. The summed E-state index contributed by atoms with van der Waals surface area (Å²) in [6.07, 6.45) is 7.22. The number of ketones is 1. The van der Waals surface area contributed by atoms with Crippen molar-refractivity contribution in [2.75, 3.05) is 7.11 Å². The van der Waals surface area contributed by atoms with E-state index >= 15 is 0 Å². The summed E-state index contributed by atoms with van der Waals surface area (Å²) >= 11 is 0. The number of ether oxygens (including phenoxy) is 2. The van der Waals surface area contributed by atoms with Crippen LogP contribution in [0.1, 0.15) is 73.6 Å². The van der Waals surface area contributed by atoms with Crippen molar-refractivity contribution in [1.82, 2.24) is 0 Å². The number of hydrogen-bond donors (Lipinski definition) is 0. The second kappa shape index (κ2) is 8.35. The number of fused-ring (bicyclic) bond motifs is 5. The number of nitrogens with zero attached hydrogens (tertiary/aromatic N) is 1. The van der Waals surface area contributed by atoms with Crippen molar-refractivity contribution in [2.24, 2.45) is 33.7 Å². The lowest BCUT2D eigenvalue weighted by molar-refractivity contribution is -0.166. The molecular weight excluding hydrogens is 434 g/mol. The Hall–Kier alpha value is -2.44. The molecule has 186 valence electrons. The zero-order valence-electron chi connectivity index (χ0n) is 21.4. The third-order valence-electron chi connectivity index (χ3n) is 9.41. The van der Waals surface area contributed by atoms with Gasteiger partial charge in [0.05, 0.1) is 5.71 Å². The molecule has 0 amide bonds. The molecule has 0 aromatic carbocycles. The first kappa shape index (κ1) is 24.7. The van der Waals surface area contributed by atoms with Crippen molar-refractivity contribution in [1.29, 1.82) is 0 Å². The maximum atomic E-state index is 12.7. The van der Waals surface area contributed by atoms with Gasteiger partial charge in [-0.05, 0) is 68.9 Å². The maximum absolute atomic E-state index is 12.7. The molecule has 0 heterocycles. The second-order valence-electron chi connectivity index (χ2n) is 11.1. The smallest absolute Gasteiger partial charge is 0.303 e. The van der Waals surface area contributed by atoms with Crippen LogP contribution in [0.25, 0.3) is 0 Å². The van der Waals surface area contributed by atoms with Gasteiger partial charge in [0.15, 0.2) is 17.5 Å². The van der Waals surface area contributed by atoms with E-state index in [-0.39, 0.29) is 34.4 Å². The summed E-state index contributed by atoms with van der Waals surface area (Å²) in [6, 6.07) is 0. The van der Waals surface area contributed by atoms with Crippen LogP contribution >= 0.6 is 0 Å². The molecule has 7 nitrogen and oxygen atoms in total. The van der Waals surface area contributed by atoms with Gasteiger partial charge in [-0.2, -0.15) is 0 Å². The summed E-state index contributed by atoms with van der Waals surface area (Å²) in [4.78, 5) is 41.8. The van der Waals surface area contributed by atoms with Crippen LogP contribution in [0.5, 0.6) is 0 Å². The molecular formula is C27H37NO6. The number of esters is 2. The molecule has 0 aliphatic heterocycles. The van der Waals surface area contributed by atoms with E-state index in [0.717, 1.165) is 30.4 Å². The van der Waals surface area contributed by atoms with Gasteiger partial charge in [0, 0.05) is 31.1 Å². The minimum atomic E-state index is -0.800. The minimum absolute atomic E-state index is 0.129. The Labute approximate surface area is 201 Å². The van der Waals surface area contributed by atoms with Crippen molar-refractivity contribution in [3.8, 4) is 0 Å². The minimum Gasteiger partial charge on any atom is -0.454 e. The van der Waals surface area contributed by atoms with Gasteiger partial charge in [-0.15, -0.1) is 0 Å². The van der Waals surface area contributed by atoms with Crippen LogP contribution < -0.4 is 0 Å². The average Bonchev–Trinajstić information content (AvgIpc) is 3.03. The lowest BCUT2D eigenvalue weighted by Gasteiger charge is -2.58. The highest BCUT2D eigenvalue weighted by molar-refractivity contribution is 5.97. The highest BCUT2D eigenvalue weighted by atomic mass is 16.6. The van der Waals surface area contributed by atoms with E-state index in [1.807, 2.05) is 6.92 Å². The van der Waals surface area contributed by atoms with Gasteiger partial charge in [-0.1, -0.05) is 30.7 Å². The summed E-state index contributed by atoms with van der Waals surface area (Å²) in [5.41, 5.74) is 1.55. The lowest BCUT2D eigenvalue weighted by Crippen LogP contribution is -2.58. The molecule has 0 spiro atoms. The standard InChI is InChI=1S/C27H37NO6/c1-15-12-19-20(25(5)14-24(33-17(3)29)23(31)13-22(15)25)8-10-26(6)21(19)9-11-27(26,34-18(4)30)16(2)28-32-7/h12-13,19-21,24H,8-11,14H2,1-7H3/b28-16+. The molecule has 0 N–H and O–H groups in total. The van der Waals surface area contributed by atoms with E-state index in [1.165, 1.54) is 21.0 Å². The molecule has 34 heavy (non-hydrogen) atoms. The van der Waals surface area contributed by atoms with E-state index in [4.69, 9.17) is 14.3 Å². The van der Waals surface area contributed by atoms with E-state index in [9.17, 15) is 14.4 Å². The molecule has 7 heteroatoms. The fraction of sp³-hybridized carbons (Fsp3) is 0.704. The number of carbonyl (C=O) groups is 3. The predicted molar refractivity (Wildman–Crippen MR) is 127 cm³/mol. The molecule has 0 bridgehead atoms. The Morgan fingerprint density at radius 3 is 2.35 bits per heavy atom. The third kappa shape index (κ3) is 3.45. The zero-order valence-corrected chi connectivity index (χ0v) is 21.4. The summed E-state index contributed by atoms with van der Waals surface area (Å²) in [5.74, 6) is -0.0116. The van der Waals surface area contributed by atoms with Crippen molar-refractivity contribution in [2.45, 2.75) is 85.4 Å². The van der Waals surface area contributed by atoms with Crippen LogP contribution in [0.3, 0.4) is 0 Å². The number of carbonyl (C=O) groups excluding carboxylic acids is 3. The van der Waals surface area contributed by atoms with E-state index < -0.39 is 17.7 Å². The van der Waals surface area contributed by atoms with Crippen LogP contribution in [0, 0.1) is 28.6 Å². The molecule has 4 aliphatic rings. The maximum Gasteiger partial charge on any atom is 0.303 e. The first-order valence-electron chi connectivity index (χ1n) is 12.3. The Morgan fingerprint density at radius 1 is 1.06 bits per heavy atom. The Kier molecular flexibility index (Phi) is 6.06. The van der Waals surface area contributed by atoms with Crippen LogP contribution in [-0.4, -0.2) is 42.2 Å². The first-order valence-corrected chi connectivity index (χ1v) is 12.3. The molecule has 0 aromatic heterocycles. The summed E-state index contributed by atoms with van der Waals surface area (Å²) in [7, 11) is 1.52. The Balaban J connectivity index is 1.77. The second-order valence-corrected chi connectivity index (χ2v) is 11.1. The molecule has 7 unspecified atom stereocenters. The fourth-order valence-electron chi connectivity index (χ4n) is 8.05. The number of allylic oxidation sites excluding steroid dienone is 3. The molecule has 0 saturated heterocycles. The SMILES string of the molecule is CO/N=C(\C)C1(OC(C)=O)CCC2C3C=C(C)C4=CC(=O)C(OC(C)=O)CC4(C)C3CCC21C. The quantitative estimate of drug-likeness (QED) is 0.339. The normalized spacial score (nSPS) is 41.4. The van der Waals surface area contributed by atoms with E-state index in [0.29, 0.717) is 24.5 Å². The molecule has 0 radical (unpaired) electrons. The predicted octanol–water partition coefficient (Wildman–Crippen LogP) is 4.55. The number of hydrogen-bond acceptors (Lipinski definition) is 7. The van der Waals surface area contributed by atoms with Crippen LogP contribution in [0.2, 0.25) is 0 Å².